The van der Waals surface area contributed by atoms with Crippen molar-refractivity contribution >= 4 is 17.7 Å². The van der Waals surface area contributed by atoms with E-state index in [2.05, 4.69) is 0 Å². The number of ether oxygens (including phenoxy) is 1. The van der Waals surface area contributed by atoms with Crippen LogP contribution < -0.4 is 4.90 Å². The van der Waals surface area contributed by atoms with Crippen molar-refractivity contribution in [3.63, 3.8) is 0 Å². The van der Waals surface area contributed by atoms with Gasteiger partial charge in [-0.3, -0.25) is 9.69 Å². The molecule has 0 radical (unpaired) electrons. The Morgan fingerprint density at radius 1 is 1.38 bits per heavy atom. The van der Waals surface area contributed by atoms with Crippen LogP contribution >= 0.6 is 0 Å². The molecule has 6 nitrogen and oxygen atoms in total. The SMILES string of the molecule is Cc1ccc(N(C)C(=O)N2CCOC(CC(=O)O)C2)cc1. The molecule has 114 valence electrons. The Bertz CT molecular complexity index is 515. The van der Waals surface area contributed by atoms with Gasteiger partial charge in [0.25, 0.3) is 0 Å². The largest absolute Gasteiger partial charge is 0.481 e. The summed E-state index contributed by atoms with van der Waals surface area (Å²) in [7, 11) is 1.72. The van der Waals surface area contributed by atoms with Crippen LogP contribution in [0.2, 0.25) is 0 Å². The zero-order valence-corrected chi connectivity index (χ0v) is 12.3. The van der Waals surface area contributed by atoms with Gasteiger partial charge in [-0.25, -0.2) is 4.79 Å². The summed E-state index contributed by atoms with van der Waals surface area (Å²) in [5.74, 6) is -0.916. The lowest BCUT2D eigenvalue weighted by molar-refractivity contribution is -0.141. The molecular weight excluding hydrogens is 272 g/mol. The molecule has 1 unspecified atom stereocenters. The Hall–Kier alpha value is -2.08. The summed E-state index contributed by atoms with van der Waals surface area (Å²) < 4.78 is 5.38. The lowest BCUT2D eigenvalue weighted by atomic mass is 10.2. The molecule has 0 saturated carbocycles. The van der Waals surface area contributed by atoms with Gasteiger partial charge in [0, 0.05) is 25.8 Å². The van der Waals surface area contributed by atoms with Crippen LogP contribution in [0, 0.1) is 6.92 Å². The molecule has 0 spiro atoms. The number of amides is 2. The summed E-state index contributed by atoms with van der Waals surface area (Å²) in [6.45, 7) is 3.14. The van der Waals surface area contributed by atoms with E-state index in [1.807, 2.05) is 31.2 Å². The smallest absolute Gasteiger partial charge is 0.324 e. The van der Waals surface area contributed by atoms with Crippen molar-refractivity contribution < 1.29 is 19.4 Å². The molecule has 1 aromatic carbocycles. The fourth-order valence-electron chi connectivity index (χ4n) is 2.30. The zero-order chi connectivity index (χ0) is 15.4. The van der Waals surface area contributed by atoms with Gasteiger partial charge in [-0.2, -0.15) is 0 Å². The maximum absolute atomic E-state index is 12.5. The summed E-state index contributed by atoms with van der Waals surface area (Å²) in [4.78, 5) is 26.4. The highest BCUT2D eigenvalue weighted by Crippen LogP contribution is 2.17. The van der Waals surface area contributed by atoms with Gasteiger partial charge in [0.2, 0.25) is 0 Å². The molecule has 1 heterocycles. The van der Waals surface area contributed by atoms with Crippen molar-refractivity contribution in [2.45, 2.75) is 19.4 Å². The first kappa shape index (κ1) is 15.3. The van der Waals surface area contributed by atoms with Crippen molar-refractivity contribution in [1.29, 1.82) is 0 Å². The Balaban J connectivity index is 2.01. The highest BCUT2D eigenvalue weighted by atomic mass is 16.5. The molecule has 0 aromatic heterocycles. The predicted octanol–water partition coefficient (Wildman–Crippen LogP) is 1.73. The number of nitrogens with zero attached hydrogens (tertiary/aromatic N) is 2. The predicted molar refractivity (Wildman–Crippen MR) is 78.5 cm³/mol. The van der Waals surface area contributed by atoms with Crippen LogP contribution in [0.3, 0.4) is 0 Å². The minimum Gasteiger partial charge on any atom is -0.481 e. The fraction of sp³-hybridized carbons (Fsp3) is 0.467. The van der Waals surface area contributed by atoms with Crippen molar-refractivity contribution in [1.82, 2.24) is 4.90 Å². The third-order valence-electron chi connectivity index (χ3n) is 3.52. The molecule has 1 aliphatic rings. The average Bonchev–Trinajstić information content (AvgIpc) is 2.46. The van der Waals surface area contributed by atoms with Crippen molar-refractivity contribution in [3.05, 3.63) is 29.8 Å². The number of benzene rings is 1. The molecule has 1 aromatic rings. The standard InChI is InChI=1S/C15H20N2O4/c1-11-3-5-12(6-4-11)16(2)15(20)17-7-8-21-13(10-17)9-14(18)19/h3-6,13H,7-10H2,1-2H3,(H,18,19). The fourth-order valence-corrected chi connectivity index (χ4v) is 2.30. The molecule has 2 amide bonds. The monoisotopic (exact) mass is 292 g/mol. The molecular formula is C15H20N2O4. The van der Waals surface area contributed by atoms with Crippen LogP contribution in [0.25, 0.3) is 0 Å². The third kappa shape index (κ3) is 3.95. The van der Waals surface area contributed by atoms with E-state index < -0.39 is 12.1 Å². The number of aliphatic carboxylic acids is 1. The minimum atomic E-state index is -0.916. The highest BCUT2D eigenvalue weighted by Gasteiger charge is 2.28. The van der Waals surface area contributed by atoms with Gasteiger partial charge in [-0.1, -0.05) is 17.7 Å². The van der Waals surface area contributed by atoms with Gasteiger partial charge in [0.15, 0.2) is 0 Å². The van der Waals surface area contributed by atoms with Gasteiger partial charge in [-0.05, 0) is 19.1 Å². The van der Waals surface area contributed by atoms with Crippen LogP contribution in [0.5, 0.6) is 0 Å². The van der Waals surface area contributed by atoms with Crippen LogP contribution in [0.1, 0.15) is 12.0 Å². The molecule has 6 heteroatoms. The summed E-state index contributed by atoms with van der Waals surface area (Å²) >= 11 is 0. The average molecular weight is 292 g/mol. The van der Waals surface area contributed by atoms with Crippen LogP contribution in [0.15, 0.2) is 24.3 Å². The third-order valence-corrected chi connectivity index (χ3v) is 3.52. The number of carboxylic acid groups (broad SMARTS) is 1. The van der Waals surface area contributed by atoms with Crippen LogP contribution in [0.4, 0.5) is 10.5 Å². The minimum absolute atomic E-state index is 0.0853. The molecule has 2 rings (SSSR count). The van der Waals surface area contributed by atoms with Gasteiger partial charge in [0.05, 0.1) is 19.1 Å². The van der Waals surface area contributed by atoms with Gasteiger partial charge >= 0.3 is 12.0 Å². The second-order valence-electron chi connectivity index (χ2n) is 5.21. The topological polar surface area (TPSA) is 70.1 Å². The van der Waals surface area contributed by atoms with E-state index in [0.29, 0.717) is 19.7 Å². The lowest BCUT2D eigenvalue weighted by Crippen LogP contribution is -2.50. The van der Waals surface area contributed by atoms with E-state index in [1.54, 1.807) is 16.8 Å². The molecule has 1 fully saturated rings. The van der Waals surface area contributed by atoms with E-state index >= 15 is 0 Å². The molecule has 1 saturated heterocycles. The Morgan fingerprint density at radius 2 is 2.05 bits per heavy atom. The van der Waals surface area contributed by atoms with Crippen LogP contribution in [-0.2, 0) is 9.53 Å². The number of carbonyl (C=O) groups excluding carboxylic acids is 1. The Morgan fingerprint density at radius 3 is 2.67 bits per heavy atom. The second kappa shape index (κ2) is 6.58. The maximum Gasteiger partial charge on any atom is 0.324 e. The zero-order valence-electron chi connectivity index (χ0n) is 12.3. The van der Waals surface area contributed by atoms with Crippen molar-refractivity contribution in [2.24, 2.45) is 0 Å². The van der Waals surface area contributed by atoms with E-state index in [-0.39, 0.29) is 12.5 Å². The van der Waals surface area contributed by atoms with E-state index in [9.17, 15) is 9.59 Å². The van der Waals surface area contributed by atoms with Crippen LogP contribution in [-0.4, -0.2) is 54.9 Å². The quantitative estimate of drug-likeness (QED) is 0.921. The van der Waals surface area contributed by atoms with E-state index in [0.717, 1.165) is 11.3 Å². The second-order valence-corrected chi connectivity index (χ2v) is 5.21. The molecule has 1 atom stereocenters. The molecule has 21 heavy (non-hydrogen) atoms. The number of urea groups is 1. The molecule has 1 N–H and O–H groups in total. The number of carbonyl (C=O) groups is 2. The first-order valence-corrected chi connectivity index (χ1v) is 6.90. The first-order valence-electron chi connectivity index (χ1n) is 6.90. The van der Waals surface area contributed by atoms with E-state index in [4.69, 9.17) is 9.84 Å². The van der Waals surface area contributed by atoms with Gasteiger partial charge in [-0.15, -0.1) is 0 Å². The number of aryl methyl sites for hydroxylation is 1. The number of rotatable bonds is 3. The van der Waals surface area contributed by atoms with Crippen molar-refractivity contribution in [2.75, 3.05) is 31.6 Å². The number of morpholine rings is 1. The normalized spacial score (nSPS) is 18.4. The highest BCUT2D eigenvalue weighted by molar-refractivity contribution is 5.91. The van der Waals surface area contributed by atoms with Crippen molar-refractivity contribution in [3.8, 4) is 0 Å². The lowest BCUT2D eigenvalue weighted by Gasteiger charge is -2.34. The number of carboxylic acids is 1. The van der Waals surface area contributed by atoms with E-state index in [1.165, 1.54) is 0 Å². The van der Waals surface area contributed by atoms with Gasteiger partial charge in [0.1, 0.15) is 0 Å². The number of anilines is 1. The summed E-state index contributed by atoms with van der Waals surface area (Å²) in [5, 5.41) is 8.81. The number of hydrogen-bond acceptors (Lipinski definition) is 3. The maximum atomic E-state index is 12.5. The molecule has 0 bridgehead atoms. The number of hydrogen-bond donors (Lipinski definition) is 1. The Labute approximate surface area is 123 Å². The first-order chi connectivity index (χ1) is 9.97. The van der Waals surface area contributed by atoms with Gasteiger partial charge < -0.3 is 14.7 Å². The molecule has 0 aliphatic carbocycles. The summed E-state index contributed by atoms with van der Waals surface area (Å²) in [6, 6.07) is 7.54. The summed E-state index contributed by atoms with van der Waals surface area (Å²) in [5.41, 5.74) is 1.94. The summed E-state index contributed by atoms with van der Waals surface area (Å²) in [6.07, 6.45) is -0.524. The Kier molecular flexibility index (Phi) is 4.80. The molecule has 1 aliphatic heterocycles.